The highest BCUT2D eigenvalue weighted by Crippen LogP contribution is 2.19. The minimum atomic E-state index is -3.94. The summed E-state index contributed by atoms with van der Waals surface area (Å²) in [6, 6.07) is 0. The molecule has 0 amide bonds. The zero-order valence-corrected chi connectivity index (χ0v) is 16.0. The minimum absolute atomic E-state index is 0.271. The van der Waals surface area contributed by atoms with Crippen molar-refractivity contribution in [2.75, 3.05) is 0 Å². The Kier molecular flexibility index (Phi) is 14.2. The van der Waals surface area contributed by atoms with Crippen molar-refractivity contribution >= 4 is 10.1 Å². The molecular formula is C18H38O4S. The van der Waals surface area contributed by atoms with E-state index in [2.05, 4.69) is 6.92 Å². The molecule has 5 heteroatoms. The first kappa shape index (κ1) is 22.9. The Bertz CT molecular complexity index is 354. The maximum Gasteiger partial charge on any atom is 0.267 e. The Labute approximate surface area is 143 Å². The molecule has 0 spiro atoms. The third-order valence-corrected chi connectivity index (χ3v) is 5.80. The molecule has 0 aromatic carbocycles. The summed E-state index contributed by atoms with van der Waals surface area (Å²) in [5, 5.41) is 9.05. The molecule has 4 nitrogen and oxygen atoms in total. The molecule has 0 aliphatic heterocycles. The number of aliphatic hydroxyl groups is 1. The van der Waals surface area contributed by atoms with Gasteiger partial charge in [-0.1, -0.05) is 78.1 Å². The van der Waals surface area contributed by atoms with Crippen molar-refractivity contribution in [3.05, 3.63) is 0 Å². The summed E-state index contributed by atoms with van der Waals surface area (Å²) in [7, 11) is -3.94. The molecule has 0 aliphatic rings. The fourth-order valence-electron chi connectivity index (χ4n) is 3.00. The van der Waals surface area contributed by atoms with Crippen LogP contribution in [-0.2, 0) is 10.1 Å². The van der Waals surface area contributed by atoms with Crippen LogP contribution in [0.3, 0.4) is 0 Å². The van der Waals surface area contributed by atoms with Crippen molar-refractivity contribution in [1.29, 1.82) is 0 Å². The predicted octanol–water partition coefficient (Wildman–Crippen LogP) is 5.10. The summed E-state index contributed by atoms with van der Waals surface area (Å²) in [6.07, 6.45) is 12.9. The lowest BCUT2D eigenvalue weighted by molar-refractivity contribution is 0.150. The van der Waals surface area contributed by atoms with E-state index in [1.54, 1.807) is 0 Å². The van der Waals surface area contributed by atoms with Gasteiger partial charge in [0, 0.05) is 0 Å². The van der Waals surface area contributed by atoms with Crippen molar-refractivity contribution in [2.45, 2.75) is 115 Å². The van der Waals surface area contributed by atoms with Crippen molar-refractivity contribution < 1.29 is 18.1 Å². The monoisotopic (exact) mass is 350 g/mol. The first-order valence-corrected chi connectivity index (χ1v) is 11.1. The number of unbranched alkanes of at least 4 members (excludes halogenated alkanes) is 7. The zero-order chi connectivity index (χ0) is 17.6. The van der Waals surface area contributed by atoms with Gasteiger partial charge in [0.2, 0.25) is 0 Å². The normalized spacial score (nSPS) is 14.8. The van der Waals surface area contributed by atoms with Crippen molar-refractivity contribution in [2.24, 2.45) is 0 Å². The van der Waals surface area contributed by atoms with Crippen molar-refractivity contribution in [3.63, 3.8) is 0 Å². The lowest BCUT2D eigenvalue weighted by Gasteiger charge is -2.14. The van der Waals surface area contributed by atoms with E-state index in [1.165, 1.54) is 25.7 Å². The van der Waals surface area contributed by atoms with E-state index in [4.69, 9.17) is 0 Å². The van der Waals surface area contributed by atoms with Gasteiger partial charge in [0.15, 0.2) is 0 Å². The average Bonchev–Trinajstić information content (AvgIpc) is 2.47. The van der Waals surface area contributed by atoms with Gasteiger partial charge in [-0.15, -0.1) is 0 Å². The van der Waals surface area contributed by atoms with Gasteiger partial charge in [-0.2, -0.15) is 8.42 Å². The Hall–Kier alpha value is -0.130. The molecular weight excluding hydrogens is 312 g/mol. The topological polar surface area (TPSA) is 74.6 Å². The molecule has 0 saturated heterocycles. The Morgan fingerprint density at radius 1 is 0.696 bits per heavy atom. The molecule has 0 aromatic rings. The number of hydrogen-bond donors (Lipinski definition) is 2. The second kappa shape index (κ2) is 14.2. The second-order valence-electron chi connectivity index (χ2n) is 6.77. The maximum absolute atomic E-state index is 11.5. The van der Waals surface area contributed by atoms with Gasteiger partial charge in [-0.25, -0.2) is 0 Å². The van der Waals surface area contributed by atoms with Gasteiger partial charge in [-0.05, 0) is 25.7 Å². The standard InChI is InChI=1S/C18H38O4S/c1-3-5-6-7-8-9-10-15-18(23(20,21)22)16-12-11-14-17(19)13-4-2/h17-19H,3-16H2,1-2H3,(H,20,21,22). The lowest BCUT2D eigenvalue weighted by Crippen LogP contribution is -2.20. The first-order valence-electron chi connectivity index (χ1n) is 9.56. The third-order valence-electron chi connectivity index (χ3n) is 4.49. The fourth-order valence-corrected chi connectivity index (χ4v) is 3.93. The number of aliphatic hydroxyl groups excluding tert-OH is 1. The predicted molar refractivity (Wildman–Crippen MR) is 97.3 cm³/mol. The lowest BCUT2D eigenvalue weighted by atomic mass is 10.0. The van der Waals surface area contributed by atoms with Crippen LogP contribution in [0.25, 0.3) is 0 Å². The Morgan fingerprint density at radius 2 is 1.17 bits per heavy atom. The van der Waals surface area contributed by atoms with Gasteiger partial charge < -0.3 is 5.11 Å². The van der Waals surface area contributed by atoms with E-state index in [0.29, 0.717) is 12.8 Å². The summed E-state index contributed by atoms with van der Waals surface area (Å²) in [6.45, 7) is 4.23. The molecule has 0 aromatic heterocycles. The first-order chi connectivity index (χ1) is 10.9. The summed E-state index contributed by atoms with van der Waals surface area (Å²) in [4.78, 5) is 0. The van der Waals surface area contributed by atoms with E-state index >= 15 is 0 Å². The SMILES string of the molecule is CCCCCCCCCC(CCCCC(O)CCC)S(=O)(=O)O. The molecule has 0 rings (SSSR count). The molecule has 0 heterocycles. The molecule has 2 atom stereocenters. The van der Waals surface area contributed by atoms with Crippen LogP contribution in [0.1, 0.15) is 104 Å². The molecule has 0 fully saturated rings. The van der Waals surface area contributed by atoms with Crippen LogP contribution in [0.2, 0.25) is 0 Å². The highest BCUT2D eigenvalue weighted by molar-refractivity contribution is 7.86. The second-order valence-corrected chi connectivity index (χ2v) is 8.47. The van der Waals surface area contributed by atoms with Gasteiger partial charge in [-0.3, -0.25) is 4.55 Å². The zero-order valence-electron chi connectivity index (χ0n) is 15.2. The van der Waals surface area contributed by atoms with Gasteiger partial charge in [0.05, 0.1) is 11.4 Å². The maximum atomic E-state index is 11.5. The average molecular weight is 351 g/mol. The fraction of sp³-hybridized carbons (Fsp3) is 1.00. The van der Waals surface area contributed by atoms with Gasteiger partial charge >= 0.3 is 0 Å². The molecule has 2 unspecified atom stereocenters. The molecule has 0 saturated carbocycles. The summed E-state index contributed by atoms with van der Waals surface area (Å²) in [5.74, 6) is 0. The van der Waals surface area contributed by atoms with Gasteiger partial charge in [0.1, 0.15) is 0 Å². The Balaban J connectivity index is 3.87. The quantitative estimate of drug-likeness (QED) is 0.300. The van der Waals surface area contributed by atoms with Crippen LogP contribution in [-0.4, -0.2) is 29.4 Å². The molecule has 0 bridgehead atoms. The third kappa shape index (κ3) is 14.0. The van der Waals surface area contributed by atoms with E-state index in [1.807, 2.05) is 6.92 Å². The minimum Gasteiger partial charge on any atom is -0.393 e. The largest absolute Gasteiger partial charge is 0.393 e. The van der Waals surface area contributed by atoms with Crippen LogP contribution in [0.4, 0.5) is 0 Å². The molecule has 0 aliphatic carbocycles. The van der Waals surface area contributed by atoms with E-state index in [0.717, 1.165) is 51.4 Å². The van der Waals surface area contributed by atoms with Gasteiger partial charge in [0.25, 0.3) is 10.1 Å². The highest BCUT2D eigenvalue weighted by Gasteiger charge is 2.21. The van der Waals surface area contributed by atoms with Crippen LogP contribution in [0.5, 0.6) is 0 Å². The highest BCUT2D eigenvalue weighted by atomic mass is 32.2. The van der Waals surface area contributed by atoms with Crippen LogP contribution >= 0.6 is 0 Å². The van der Waals surface area contributed by atoms with E-state index < -0.39 is 15.4 Å². The number of rotatable bonds is 16. The van der Waals surface area contributed by atoms with Crippen LogP contribution in [0, 0.1) is 0 Å². The molecule has 23 heavy (non-hydrogen) atoms. The van der Waals surface area contributed by atoms with Crippen molar-refractivity contribution in [1.82, 2.24) is 0 Å². The summed E-state index contributed by atoms with van der Waals surface area (Å²) in [5.41, 5.74) is 0. The summed E-state index contributed by atoms with van der Waals surface area (Å²) < 4.78 is 32.3. The number of hydrogen-bond acceptors (Lipinski definition) is 3. The van der Waals surface area contributed by atoms with Crippen LogP contribution in [0.15, 0.2) is 0 Å². The van der Waals surface area contributed by atoms with Crippen molar-refractivity contribution in [3.8, 4) is 0 Å². The Morgan fingerprint density at radius 3 is 1.70 bits per heavy atom. The smallest absolute Gasteiger partial charge is 0.267 e. The molecule has 2 N–H and O–H groups in total. The van der Waals surface area contributed by atoms with E-state index in [9.17, 15) is 18.1 Å². The van der Waals surface area contributed by atoms with Crippen LogP contribution < -0.4 is 0 Å². The molecule has 0 radical (unpaired) electrons. The molecule has 140 valence electrons. The summed E-state index contributed by atoms with van der Waals surface area (Å²) >= 11 is 0. The van der Waals surface area contributed by atoms with E-state index in [-0.39, 0.29) is 6.10 Å².